The van der Waals surface area contributed by atoms with E-state index in [1.165, 1.54) is 6.92 Å². The summed E-state index contributed by atoms with van der Waals surface area (Å²) in [7, 11) is 0. The molecule has 0 heterocycles. The molecule has 0 N–H and O–H groups in total. The van der Waals surface area contributed by atoms with Crippen LogP contribution in [0.1, 0.15) is 73.6 Å². The Balaban J connectivity index is 2.17. The zero-order valence-corrected chi connectivity index (χ0v) is 16.8. The number of Topliss-reactive ketones (excluding diaryl/α,β-unsaturated/α-hetero) is 2. The summed E-state index contributed by atoms with van der Waals surface area (Å²) in [4.78, 5) is 38.4. The Labute approximate surface area is 156 Å². The van der Waals surface area contributed by atoms with E-state index in [-0.39, 0.29) is 34.1 Å². The first-order valence-electron chi connectivity index (χ1n) is 9.76. The summed E-state index contributed by atoms with van der Waals surface area (Å²) in [6, 6.07) is 0. The third-order valence-corrected chi connectivity index (χ3v) is 6.81. The molecule has 2 unspecified atom stereocenters. The van der Waals surface area contributed by atoms with Gasteiger partial charge < -0.3 is 4.74 Å². The van der Waals surface area contributed by atoms with Crippen LogP contribution in [0.25, 0.3) is 0 Å². The highest BCUT2D eigenvalue weighted by Gasteiger charge is 2.55. The number of hydrogen-bond acceptors (Lipinski definition) is 4. The highest BCUT2D eigenvalue weighted by atomic mass is 16.5. The minimum atomic E-state index is -0.551. The third kappa shape index (κ3) is 2.69. The minimum Gasteiger partial charge on any atom is -0.422 e. The molecule has 0 aromatic heterocycles. The quantitative estimate of drug-likeness (QED) is 0.537. The van der Waals surface area contributed by atoms with E-state index in [4.69, 9.17) is 4.74 Å². The second kappa shape index (κ2) is 6.17. The number of ether oxygens (including phenoxy) is 1. The molecule has 2 atom stereocenters. The lowest BCUT2D eigenvalue weighted by Gasteiger charge is -2.55. The molecule has 3 aliphatic rings. The predicted octanol–water partition coefficient (Wildman–Crippen LogP) is 4.53. The normalized spacial score (nSPS) is 31.1. The van der Waals surface area contributed by atoms with E-state index in [1.54, 1.807) is 0 Å². The van der Waals surface area contributed by atoms with E-state index < -0.39 is 5.97 Å². The fraction of sp³-hybridized carbons (Fsp3) is 0.682. The maximum Gasteiger partial charge on any atom is 0.308 e. The Morgan fingerprint density at radius 2 is 1.77 bits per heavy atom. The van der Waals surface area contributed by atoms with Crippen LogP contribution < -0.4 is 0 Å². The molecule has 0 aliphatic heterocycles. The summed E-state index contributed by atoms with van der Waals surface area (Å²) >= 11 is 0. The Hall–Kier alpha value is -1.71. The standard InChI is InChI=1S/C22H30O4/c1-12(2)16-18(24)14-8-9-15-21(4,5)10-7-11-22(15,6)17(14)19(25)20(16)26-13(3)23/h12,15H,7-11H2,1-6H3. The molecule has 0 amide bonds. The van der Waals surface area contributed by atoms with Gasteiger partial charge >= 0.3 is 5.97 Å². The molecule has 142 valence electrons. The molecule has 3 aliphatic carbocycles. The number of carbonyl (C=O) groups is 3. The summed E-state index contributed by atoms with van der Waals surface area (Å²) in [5.74, 6) is -0.703. The van der Waals surface area contributed by atoms with Crippen LogP contribution in [0.3, 0.4) is 0 Å². The van der Waals surface area contributed by atoms with Gasteiger partial charge in [-0.15, -0.1) is 0 Å². The molecule has 0 aromatic carbocycles. The van der Waals surface area contributed by atoms with Crippen LogP contribution in [-0.4, -0.2) is 17.5 Å². The topological polar surface area (TPSA) is 60.4 Å². The van der Waals surface area contributed by atoms with Crippen molar-refractivity contribution in [2.45, 2.75) is 73.6 Å². The van der Waals surface area contributed by atoms with Crippen LogP contribution in [0.4, 0.5) is 0 Å². The monoisotopic (exact) mass is 358 g/mol. The maximum atomic E-state index is 13.5. The molecular weight excluding hydrogens is 328 g/mol. The first-order valence-corrected chi connectivity index (χ1v) is 9.76. The molecule has 0 saturated heterocycles. The SMILES string of the molecule is CC(=O)OC1=C(C(C)C)C(=O)C2=C(C1=O)C1(C)CCCC(C)(C)C1CC2. The Bertz CT molecular complexity index is 750. The number of allylic oxidation sites excluding steroid dienone is 3. The van der Waals surface area contributed by atoms with Crippen LogP contribution in [0, 0.1) is 22.7 Å². The summed E-state index contributed by atoms with van der Waals surface area (Å²) in [6.45, 7) is 11.7. The van der Waals surface area contributed by atoms with E-state index >= 15 is 0 Å². The van der Waals surface area contributed by atoms with Gasteiger partial charge in [0.05, 0.1) is 0 Å². The van der Waals surface area contributed by atoms with Crippen LogP contribution in [-0.2, 0) is 19.1 Å². The molecule has 0 spiro atoms. The van der Waals surface area contributed by atoms with Gasteiger partial charge in [-0.25, -0.2) is 0 Å². The van der Waals surface area contributed by atoms with Gasteiger partial charge in [0.25, 0.3) is 0 Å². The maximum absolute atomic E-state index is 13.5. The van der Waals surface area contributed by atoms with Crippen molar-refractivity contribution in [2.24, 2.45) is 22.7 Å². The van der Waals surface area contributed by atoms with Crippen molar-refractivity contribution in [3.8, 4) is 0 Å². The Morgan fingerprint density at radius 3 is 2.35 bits per heavy atom. The zero-order valence-electron chi connectivity index (χ0n) is 16.8. The molecule has 26 heavy (non-hydrogen) atoms. The number of hydrogen-bond donors (Lipinski definition) is 0. The Morgan fingerprint density at radius 1 is 1.12 bits per heavy atom. The smallest absolute Gasteiger partial charge is 0.308 e. The van der Waals surface area contributed by atoms with Crippen molar-refractivity contribution in [1.29, 1.82) is 0 Å². The fourth-order valence-electron chi connectivity index (χ4n) is 5.78. The number of fused-ring (bicyclic) bond motifs is 2. The average Bonchev–Trinajstić information content (AvgIpc) is 2.50. The van der Waals surface area contributed by atoms with Crippen molar-refractivity contribution in [1.82, 2.24) is 0 Å². The molecule has 3 rings (SSSR count). The number of ketones is 2. The van der Waals surface area contributed by atoms with Gasteiger partial charge in [-0.1, -0.05) is 41.0 Å². The number of esters is 1. The molecule has 1 saturated carbocycles. The van der Waals surface area contributed by atoms with E-state index in [9.17, 15) is 14.4 Å². The molecule has 4 nitrogen and oxygen atoms in total. The Kier molecular flexibility index (Phi) is 4.53. The molecule has 1 fully saturated rings. The van der Waals surface area contributed by atoms with Crippen LogP contribution in [0.15, 0.2) is 22.5 Å². The lowest BCUT2D eigenvalue weighted by atomic mass is 9.48. The van der Waals surface area contributed by atoms with Crippen molar-refractivity contribution < 1.29 is 19.1 Å². The van der Waals surface area contributed by atoms with Gasteiger partial charge in [0, 0.05) is 29.1 Å². The predicted molar refractivity (Wildman–Crippen MR) is 99.1 cm³/mol. The second-order valence-corrected chi connectivity index (χ2v) is 9.35. The third-order valence-electron chi connectivity index (χ3n) is 6.81. The number of rotatable bonds is 2. The van der Waals surface area contributed by atoms with Gasteiger partial charge in [0.2, 0.25) is 5.78 Å². The van der Waals surface area contributed by atoms with E-state index in [0.717, 1.165) is 25.7 Å². The fourth-order valence-corrected chi connectivity index (χ4v) is 5.78. The van der Waals surface area contributed by atoms with Crippen LogP contribution in [0.5, 0.6) is 0 Å². The summed E-state index contributed by atoms with van der Waals surface area (Å²) in [5.41, 5.74) is 1.48. The second-order valence-electron chi connectivity index (χ2n) is 9.35. The average molecular weight is 358 g/mol. The van der Waals surface area contributed by atoms with Crippen molar-refractivity contribution in [3.63, 3.8) is 0 Å². The highest BCUT2D eigenvalue weighted by molar-refractivity contribution is 6.25. The van der Waals surface area contributed by atoms with E-state index in [2.05, 4.69) is 20.8 Å². The van der Waals surface area contributed by atoms with Crippen LogP contribution in [0.2, 0.25) is 0 Å². The number of carbonyl (C=O) groups excluding carboxylic acids is 3. The first kappa shape index (κ1) is 19.1. The summed E-state index contributed by atoms with van der Waals surface area (Å²) < 4.78 is 5.31. The van der Waals surface area contributed by atoms with Crippen LogP contribution >= 0.6 is 0 Å². The highest BCUT2D eigenvalue weighted by Crippen LogP contribution is 2.61. The van der Waals surface area contributed by atoms with Gasteiger partial charge in [0.1, 0.15) is 0 Å². The minimum absolute atomic E-state index is 0.0264. The van der Waals surface area contributed by atoms with Crippen molar-refractivity contribution in [2.75, 3.05) is 0 Å². The van der Waals surface area contributed by atoms with Crippen molar-refractivity contribution in [3.05, 3.63) is 22.5 Å². The summed E-state index contributed by atoms with van der Waals surface area (Å²) in [5, 5.41) is 0. The zero-order chi connectivity index (χ0) is 19.4. The lowest BCUT2D eigenvalue weighted by molar-refractivity contribution is -0.140. The van der Waals surface area contributed by atoms with Crippen molar-refractivity contribution >= 4 is 17.5 Å². The van der Waals surface area contributed by atoms with Gasteiger partial charge in [-0.2, -0.15) is 0 Å². The molecule has 0 aromatic rings. The van der Waals surface area contributed by atoms with Gasteiger partial charge in [0.15, 0.2) is 11.5 Å². The van der Waals surface area contributed by atoms with Gasteiger partial charge in [-0.3, -0.25) is 14.4 Å². The largest absolute Gasteiger partial charge is 0.422 e. The molecule has 0 bridgehead atoms. The lowest BCUT2D eigenvalue weighted by Crippen LogP contribution is -2.49. The van der Waals surface area contributed by atoms with E-state index in [1.807, 2.05) is 13.8 Å². The molecular formula is C22H30O4. The molecule has 0 radical (unpaired) electrons. The first-order chi connectivity index (χ1) is 12.0. The molecule has 4 heteroatoms. The van der Waals surface area contributed by atoms with Gasteiger partial charge in [-0.05, 0) is 42.9 Å². The van der Waals surface area contributed by atoms with E-state index in [0.29, 0.717) is 29.1 Å². The summed E-state index contributed by atoms with van der Waals surface area (Å²) in [6.07, 6.45) is 4.68.